The molecule has 1 fully saturated rings. The van der Waals surface area contributed by atoms with Gasteiger partial charge in [-0.2, -0.15) is 0 Å². The molecule has 0 unspecified atom stereocenters. The Morgan fingerprint density at radius 2 is 1.39 bits per heavy atom. The third kappa shape index (κ3) is 10.1. The van der Waals surface area contributed by atoms with E-state index in [9.17, 15) is 0 Å². The number of hydrogen-bond acceptors (Lipinski definition) is 0. The van der Waals surface area contributed by atoms with Crippen molar-refractivity contribution in [2.24, 2.45) is 0 Å². The first kappa shape index (κ1) is 15.0. The standard InChI is InChI=1S/C18H28/c1-2-3-4-5-6-7-8-9-10-11-12-13-14-15-18-16-17-18/h6-7,9-10,12-13,15H,2-5,8,11,14,16-17H2,1H3/b7-6-,10-9-,13-12-. The Kier molecular flexibility index (Phi) is 9.24. The van der Waals surface area contributed by atoms with E-state index < -0.39 is 0 Å². The zero-order chi connectivity index (χ0) is 12.9. The molecule has 0 bridgehead atoms. The van der Waals surface area contributed by atoms with Crippen LogP contribution in [0.1, 0.15) is 64.7 Å². The first-order valence-corrected chi connectivity index (χ1v) is 7.56. The molecule has 0 saturated heterocycles. The Bertz CT molecular complexity index is 296. The van der Waals surface area contributed by atoms with Crippen molar-refractivity contribution in [1.29, 1.82) is 0 Å². The van der Waals surface area contributed by atoms with Crippen LogP contribution in [0, 0.1) is 0 Å². The average molecular weight is 244 g/mol. The van der Waals surface area contributed by atoms with Crippen molar-refractivity contribution in [2.75, 3.05) is 0 Å². The van der Waals surface area contributed by atoms with Crippen LogP contribution in [0.2, 0.25) is 0 Å². The van der Waals surface area contributed by atoms with Crippen LogP contribution < -0.4 is 0 Å². The largest absolute Gasteiger partial charge is 0.0882 e. The number of hydrogen-bond donors (Lipinski definition) is 0. The maximum atomic E-state index is 2.36. The molecule has 1 saturated carbocycles. The van der Waals surface area contributed by atoms with Gasteiger partial charge >= 0.3 is 0 Å². The van der Waals surface area contributed by atoms with Crippen LogP contribution in [-0.4, -0.2) is 0 Å². The lowest BCUT2D eigenvalue weighted by molar-refractivity contribution is 0.728. The molecule has 0 heteroatoms. The van der Waals surface area contributed by atoms with Crippen LogP contribution >= 0.6 is 0 Å². The fourth-order valence-electron chi connectivity index (χ4n) is 1.78. The van der Waals surface area contributed by atoms with E-state index in [1.807, 2.05) is 0 Å². The molecular weight excluding hydrogens is 216 g/mol. The second-order valence-corrected chi connectivity index (χ2v) is 4.98. The van der Waals surface area contributed by atoms with E-state index in [1.165, 1.54) is 38.5 Å². The topological polar surface area (TPSA) is 0 Å². The van der Waals surface area contributed by atoms with Crippen molar-refractivity contribution in [3.05, 3.63) is 48.1 Å². The number of unbranched alkanes of at least 4 members (excludes halogenated alkanes) is 3. The molecule has 0 heterocycles. The highest BCUT2D eigenvalue weighted by atomic mass is 14.1. The van der Waals surface area contributed by atoms with Crippen LogP contribution in [-0.2, 0) is 0 Å². The summed E-state index contributed by atoms with van der Waals surface area (Å²) in [5.74, 6) is 0. The van der Waals surface area contributed by atoms with E-state index in [-0.39, 0.29) is 0 Å². The second kappa shape index (κ2) is 11.1. The van der Waals surface area contributed by atoms with Crippen LogP contribution in [0.25, 0.3) is 0 Å². The molecule has 18 heavy (non-hydrogen) atoms. The van der Waals surface area contributed by atoms with Gasteiger partial charge in [0.25, 0.3) is 0 Å². The second-order valence-electron chi connectivity index (χ2n) is 4.98. The molecule has 1 aliphatic carbocycles. The minimum atomic E-state index is 1.08. The van der Waals surface area contributed by atoms with Crippen LogP contribution in [0.5, 0.6) is 0 Å². The molecule has 0 aromatic carbocycles. The van der Waals surface area contributed by atoms with Crippen LogP contribution in [0.4, 0.5) is 0 Å². The van der Waals surface area contributed by atoms with Gasteiger partial charge in [-0.25, -0.2) is 0 Å². The molecule has 100 valence electrons. The first-order valence-electron chi connectivity index (χ1n) is 7.56. The first-order chi connectivity index (χ1) is 8.93. The third-order valence-corrected chi connectivity index (χ3v) is 3.10. The highest BCUT2D eigenvalue weighted by Crippen LogP contribution is 2.27. The van der Waals surface area contributed by atoms with E-state index >= 15 is 0 Å². The fourth-order valence-corrected chi connectivity index (χ4v) is 1.78. The van der Waals surface area contributed by atoms with E-state index in [0.717, 1.165) is 19.3 Å². The Labute approximate surface area is 113 Å². The Morgan fingerprint density at radius 1 is 0.778 bits per heavy atom. The van der Waals surface area contributed by atoms with Gasteiger partial charge in [-0.05, 0) is 44.9 Å². The van der Waals surface area contributed by atoms with Crippen molar-refractivity contribution in [1.82, 2.24) is 0 Å². The van der Waals surface area contributed by atoms with Gasteiger partial charge in [0.05, 0.1) is 0 Å². The van der Waals surface area contributed by atoms with Crippen molar-refractivity contribution < 1.29 is 0 Å². The molecule has 0 atom stereocenters. The fraction of sp³-hybridized carbons (Fsp3) is 0.556. The summed E-state index contributed by atoms with van der Waals surface area (Å²) in [6, 6.07) is 0. The molecule has 0 nitrogen and oxygen atoms in total. The molecule has 1 aliphatic rings. The molecule has 1 rings (SSSR count). The zero-order valence-electron chi connectivity index (χ0n) is 11.9. The predicted octanol–water partition coefficient (Wildman–Crippen LogP) is 6.13. The SMILES string of the molecule is CCCCC/C=C\C/C=C\C/C=C\CC=C1CC1. The van der Waals surface area contributed by atoms with E-state index in [0.29, 0.717) is 0 Å². The van der Waals surface area contributed by atoms with Gasteiger partial charge in [-0.3, -0.25) is 0 Å². The highest BCUT2D eigenvalue weighted by molar-refractivity contribution is 5.17. The van der Waals surface area contributed by atoms with E-state index in [1.54, 1.807) is 5.57 Å². The smallest absolute Gasteiger partial charge is 0.0166 e. The summed E-state index contributed by atoms with van der Waals surface area (Å²) in [4.78, 5) is 0. The zero-order valence-corrected chi connectivity index (χ0v) is 11.9. The lowest BCUT2D eigenvalue weighted by atomic mass is 10.2. The van der Waals surface area contributed by atoms with Gasteiger partial charge in [0, 0.05) is 0 Å². The van der Waals surface area contributed by atoms with E-state index in [4.69, 9.17) is 0 Å². The van der Waals surface area contributed by atoms with Gasteiger partial charge < -0.3 is 0 Å². The molecule has 0 aliphatic heterocycles. The normalized spacial score (nSPS) is 15.3. The van der Waals surface area contributed by atoms with Crippen molar-refractivity contribution in [2.45, 2.75) is 64.7 Å². The summed E-state index contributed by atoms with van der Waals surface area (Å²) in [6.45, 7) is 2.25. The Morgan fingerprint density at radius 3 is 2.00 bits per heavy atom. The summed E-state index contributed by atoms with van der Waals surface area (Å²) in [6.07, 6.45) is 27.3. The van der Waals surface area contributed by atoms with Gasteiger partial charge in [-0.1, -0.05) is 67.9 Å². The van der Waals surface area contributed by atoms with Crippen molar-refractivity contribution in [3.8, 4) is 0 Å². The molecule has 0 radical (unpaired) electrons. The number of rotatable bonds is 10. The summed E-state index contributed by atoms with van der Waals surface area (Å²) >= 11 is 0. The molecule has 0 spiro atoms. The number of allylic oxidation sites excluding steroid dienone is 8. The molecule has 0 amide bonds. The maximum Gasteiger partial charge on any atom is -0.0166 e. The Hall–Kier alpha value is -1.04. The third-order valence-electron chi connectivity index (χ3n) is 3.10. The minimum Gasteiger partial charge on any atom is -0.0882 e. The van der Waals surface area contributed by atoms with E-state index in [2.05, 4.69) is 49.5 Å². The average Bonchev–Trinajstić information content (AvgIpc) is 3.19. The summed E-state index contributed by atoms with van der Waals surface area (Å²) in [7, 11) is 0. The lowest BCUT2D eigenvalue weighted by Crippen LogP contribution is -1.70. The molecule has 0 N–H and O–H groups in total. The Balaban J connectivity index is 1.88. The maximum absolute atomic E-state index is 2.36. The summed E-state index contributed by atoms with van der Waals surface area (Å²) in [5, 5.41) is 0. The summed E-state index contributed by atoms with van der Waals surface area (Å²) < 4.78 is 0. The monoisotopic (exact) mass is 244 g/mol. The summed E-state index contributed by atoms with van der Waals surface area (Å²) in [5.41, 5.74) is 1.64. The lowest BCUT2D eigenvalue weighted by Gasteiger charge is -1.90. The quantitative estimate of drug-likeness (QED) is 0.320. The van der Waals surface area contributed by atoms with Gasteiger partial charge in [0.2, 0.25) is 0 Å². The molecule has 0 aromatic rings. The van der Waals surface area contributed by atoms with Gasteiger partial charge in [0.1, 0.15) is 0 Å². The highest BCUT2D eigenvalue weighted by Gasteiger charge is 2.08. The molecule has 0 aromatic heterocycles. The van der Waals surface area contributed by atoms with Gasteiger partial charge in [-0.15, -0.1) is 0 Å². The molecular formula is C18H28. The minimum absolute atomic E-state index is 1.08. The van der Waals surface area contributed by atoms with Crippen molar-refractivity contribution in [3.63, 3.8) is 0 Å². The van der Waals surface area contributed by atoms with Crippen molar-refractivity contribution >= 4 is 0 Å². The predicted molar refractivity (Wildman–Crippen MR) is 82.7 cm³/mol. The van der Waals surface area contributed by atoms with Crippen LogP contribution in [0.15, 0.2) is 48.1 Å². The van der Waals surface area contributed by atoms with Crippen LogP contribution in [0.3, 0.4) is 0 Å². The van der Waals surface area contributed by atoms with Gasteiger partial charge in [0.15, 0.2) is 0 Å².